The van der Waals surface area contributed by atoms with Crippen LogP contribution < -0.4 is 18.5 Å². The zero-order valence-corrected chi connectivity index (χ0v) is 15.2. The summed E-state index contributed by atoms with van der Waals surface area (Å²) in [6.45, 7) is 2.41. The number of unbranched alkanes of at least 4 members (excludes halogenated alkanes) is 5. The van der Waals surface area contributed by atoms with Crippen LogP contribution in [0.25, 0.3) is 0 Å². The fourth-order valence-electron chi connectivity index (χ4n) is 1.82. The maximum absolute atomic E-state index is 10.9. The average Bonchev–Trinajstić information content (AvgIpc) is 2.18. The molecule has 0 aromatic heterocycles. The van der Waals surface area contributed by atoms with Crippen LogP contribution >= 0.6 is 15.2 Å². The Hall–Kier alpha value is 0.140. The van der Waals surface area contributed by atoms with E-state index in [1.54, 1.807) is 0 Å². The molecule has 0 atom stereocenters. The second-order valence-corrected chi connectivity index (χ2v) is 8.00. The molecule has 0 fully saturated rings. The molecule has 0 aliphatic heterocycles. The molecule has 0 aromatic rings. The van der Waals surface area contributed by atoms with E-state index in [4.69, 9.17) is 19.6 Å². The second kappa shape index (κ2) is 14.7. The summed E-state index contributed by atoms with van der Waals surface area (Å²) in [6.07, 6.45) is 4.83. The summed E-state index contributed by atoms with van der Waals surface area (Å²) < 4.78 is 21.8. The van der Waals surface area contributed by atoms with Gasteiger partial charge in [0.05, 0.1) is 0 Å². The minimum absolute atomic E-state index is 0. The molecular formula is C10H34N4O6P2. The molecule has 0 unspecified atom stereocenters. The van der Waals surface area contributed by atoms with Crippen molar-refractivity contribution in [2.24, 2.45) is 0 Å². The van der Waals surface area contributed by atoms with Crippen molar-refractivity contribution in [3.63, 3.8) is 0 Å². The molecule has 22 heavy (non-hydrogen) atoms. The molecule has 0 rings (SSSR count). The van der Waals surface area contributed by atoms with Crippen LogP contribution in [0.2, 0.25) is 0 Å². The van der Waals surface area contributed by atoms with Gasteiger partial charge in [-0.3, -0.25) is 14.0 Å². The Labute approximate surface area is 132 Å². The summed E-state index contributed by atoms with van der Waals surface area (Å²) in [6, 6.07) is 0. The molecule has 0 radical (unpaired) electrons. The van der Waals surface area contributed by atoms with E-state index in [1.165, 1.54) is 0 Å². The van der Waals surface area contributed by atoms with Gasteiger partial charge in [0.1, 0.15) is 12.6 Å². The maximum Gasteiger partial charge on any atom is 0.339 e. The van der Waals surface area contributed by atoms with E-state index in [1.807, 2.05) is 0 Å². The predicted molar refractivity (Wildman–Crippen MR) is 89.0 cm³/mol. The van der Waals surface area contributed by atoms with Gasteiger partial charge in [-0.05, 0) is 13.0 Å². The lowest BCUT2D eigenvalue weighted by atomic mass is 10.1. The quantitative estimate of drug-likeness (QED) is 0.208. The van der Waals surface area contributed by atoms with Gasteiger partial charge in [0.25, 0.3) is 0 Å². The fraction of sp³-hybridized carbons (Fsp3) is 1.00. The van der Waals surface area contributed by atoms with Crippen LogP contribution in [0.4, 0.5) is 0 Å². The lowest BCUT2D eigenvalue weighted by Gasteiger charge is -2.22. The smallest absolute Gasteiger partial charge is 0.339 e. The van der Waals surface area contributed by atoms with E-state index in [0.717, 1.165) is 37.0 Å². The molecule has 0 heterocycles. The summed E-state index contributed by atoms with van der Waals surface area (Å²) in [5.41, 5.74) is 0. The lowest BCUT2D eigenvalue weighted by molar-refractivity contribution is 0.273. The van der Waals surface area contributed by atoms with Crippen molar-refractivity contribution in [3.8, 4) is 0 Å². The molecule has 0 aliphatic rings. The van der Waals surface area contributed by atoms with Crippen LogP contribution in [0.5, 0.6) is 0 Å². The first-order valence-corrected chi connectivity index (χ1v) is 10.0. The number of nitrogens with zero attached hydrogens (tertiary/aromatic N) is 1. The van der Waals surface area contributed by atoms with E-state index in [0.29, 0.717) is 13.0 Å². The summed E-state index contributed by atoms with van der Waals surface area (Å²) in [7, 11) is -8.58. The Balaban J connectivity index is -0.000000540. The van der Waals surface area contributed by atoms with Crippen LogP contribution in [-0.2, 0) is 9.13 Å². The summed E-state index contributed by atoms with van der Waals surface area (Å²) in [5.74, 6) is 0. The fourth-order valence-corrected chi connectivity index (χ4v) is 3.51. The molecule has 0 aliphatic carbocycles. The van der Waals surface area contributed by atoms with Crippen molar-refractivity contribution in [1.29, 1.82) is 0 Å². The highest BCUT2D eigenvalue weighted by Crippen LogP contribution is 2.40. The normalized spacial score (nSPS) is 11.4. The van der Waals surface area contributed by atoms with Crippen molar-refractivity contribution >= 4 is 15.2 Å². The predicted octanol–water partition coefficient (Wildman–Crippen LogP) is 2.41. The van der Waals surface area contributed by atoms with Crippen molar-refractivity contribution in [3.05, 3.63) is 0 Å². The minimum atomic E-state index is -4.29. The van der Waals surface area contributed by atoms with E-state index in [2.05, 4.69) is 6.92 Å². The summed E-state index contributed by atoms with van der Waals surface area (Å²) in [4.78, 5) is 36.7. The first-order chi connectivity index (χ1) is 8.64. The van der Waals surface area contributed by atoms with E-state index < -0.39 is 27.8 Å². The first-order valence-electron chi connectivity index (χ1n) is 6.45. The van der Waals surface area contributed by atoms with E-state index in [9.17, 15) is 9.13 Å². The molecular weight excluding hydrogens is 334 g/mol. The Morgan fingerprint density at radius 2 is 1.09 bits per heavy atom. The summed E-state index contributed by atoms with van der Waals surface area (Å²) in [5, 5.41) is 0. The largest absolute Gasteiger partial charge is 0.344 e. The van der Waals surface area contributed by atoms with Crippen molar-refractivity contribution in [2.45, 2.75) is 45.4 Å². The Bertz CT molecular complexity index is 311. The highest BCUT2D eigenvalue weighted by Gasteiger charge is 2.25. The number of rotatable bonds is 11. The van der Waals surface area contributed by atoms with Gasteiger partial charge in [-0.2, -0.15) is 0 Å². The Morgan fingerprint density at radius 3 is 1.45 bits per heavy atom. The van der Waals surface area contributed by atoms with Crippen molar-refractivity contribution in [1.82, 2.24) is 23.4 Å². The molecule has 0 amide bonds. The van der Waals surface area contributed by atoms with Gasteiger partial charge in [0.15, 0.2) is 0 Å². The van der Waals surface area contributed by atoms with Crippen LogP contribution in [0.15, 0.2) is 0 Å². The van der Waals surface area contributed by atoms with Crippen molar-refractivity contribution in [2.75, 3.05) is 19.1 Å². The first kappa shape index (κ1) is 30.1. The van der Waals surface area contributed by atoms with E-state index in [-0.39, 0.29) is 18.5 Å². The van der Waals surface area contributed by atoms with Gasteiger partial charge in [-0.15, -0.1) is 0 Å². The molecule has 12 heteroatoms. The van der Waals surface area contributed by atoms with Gasteiger partial charge in [0.2, 0.25) is 0 Å². The molecule has 0 bridgehead atoms. The Morgan fingerprint density at radius 1 is 0.727 bits per heavy atom. The molecule has 0 spiro atoms. The number of hydrogen-bond acceptors (Lipinski definition) is 6. The molecule has 0 aromatic carbocycles. The summed E-state index contributed by atoms with van der Waals surface area (Å²) >= 11 is 0. The SMILES string of the molecule is CCCCCCCCN(CP(=O)(O)O)CP(=O)(O)O.N.N.N. The zero-order chi connectivity index (χ0) is 14.9. The Kier molecular flexibility index (Phi) is 20.1. The zero-order valence-electron chi connectivity index (χ0n) is 13.4. The monoisotopic (exact) mass is 368 g/mol. The molecule has 140 valence electrons. The highest BCUT2D eigenvalue weighted by atomic mass is 31.2. The third-order valence-corrected chi connectivity index (χ3v) is 4.13. The molecule has 0 saturated heterocycles. The third-order valence-electron chi connectivity index (χ3n) is 2.60. The van der Waals surface area contributed by atoms with Crippen LogP contribution in [0, 0.1) is 0 Å². The topological polar surface area (TPSA) is 223 Å². The average molecular weight is 368 g/mol. The van der Waals surface area contributed by atoms with Gasteiger partial charge in [0, 0.05) is 0 Å². The van der Waals surface area contributed by atoms with Gasteiger partial charge >= 0.3 is 15.2 Å². The van der Waals surface area contributed by atoms with E-state index >= 15 is 0 Å². The standard InChI is InChI=1S/C10H25NO6P2.3H3N/c1-2-3-4-5-6-7-8-11(9-18(12,13)14)10-19(15,16)17;;;/h2-10H2,1H3,(H2,12,13,14)(H2,15,16,17);3*1H3. The van der Waals surface area contributed by atoms with Crippen molar-refractivity contribution < 1.29 is 28.7 Å². The van der Waals surface area contributed by atoms with Crippen LogP contribution in [-0.4, -0.2) is 43.6 Å². The second-order valence-electron chi connectivity index (χ2n) is 4.77. The lowest BCUT2D eigenvalue weighted by Crippen LogP contribution is -2.27. The van der Waals surface area contributed by atoms with Crippen LogP contribution in [0.1, 0.15) is 45.4 Å². The molecule has 13 N–H and O–H groups in total. The van der Waals surface area contributed by atoms with Gasteiger partial charge in [-0.25, -0.2) is 0 Å². The van der Waals surface area contributed by atoms with Crippen LogP contribution in [0.3, 0.4) is 0 Å². The molecule has 0 saturated carbocycles. The van der Waals surface area contributed by atoms with Gasteiger partial charge in [-0.1, -0.05) is 39.0 Å². The van der Waals surface area contributed by atoms with Gasteiger partial charge < -0.3 is 38.0 Å². The maximum atomic E-state index is 10.9. The molecule has 10 nitrogen and oxygen atoms in total. The third kappa shape index (κ3) is 22.4. The number of hydrogen-bond donors (Lipinski definition) is 7. The minimum Gasteiger partial charge on any atom is -0.344 e. The highest BCUT2D eigenvalue weighted by molar-refractivity contribution is 7.52.